The van der Waals surface area contributed by atoms with Gasteiger partial charge < -0.3 is 9.84 Å². The van der Waals surface area contributed by atoms with Crippen LogP contribution in [0.5, 0.6) is 11.5 Å². The van der Waals surface area contributed by atoms with Crippen molar-refractivity contribution in [3.63, 3.8) is 0 Å². The molecule has 3 heteroatoms. The molecular formula is C13H19BrO2. The number of rotatable bonds is 7. The summed E-state index contributed by atoms with van der Waals surface area (Å²) >= 11 is 3.43. The summed E-state index contributed by atoms with van der Waals surface area (Å²) in [6, 6.07) is 5.54. The SMILES string of the molecule is COc1c(O)cccc1CCCCCCBr. The van der Waals surface area contributed by atoms with Crippen molar-refractivity contribution in [2.75, 3.05) is 12.4 Å². The molecule has 0 unspecified atom stereocenters. The van der Waals surface area contributed by atoms with Gasteiger partial charge in [-0.05, 0) is 30.9 Å². The fourth-order valence-electron chi connectivity index (χ4n) is 1.77. The van der Waals surface area contributed by atoms with Crippen molar-refractivity contribution >= 4 is 15.9 Å². The number of methoxy groups -OCH3 is 1. The minimum Gasteiger partial charge on any atom is -0.504 e. The monoisotopic (exact) mass is 286 g/mol. The van der Waals surface area contributed by atoms with E-state index < -0.39 is 0 Å². The summed E-state index contributed by atoms with van der Waals surface area (Å²) in [6.07, 6.45) is 5.83. The molecule has 0 saturated carbocycles. The zero-order valence-electron chi connectivity index (χ0n) is 9.71. The fourth-order valence-corrected chi connectivity index (χ4v) is 2.16. The highest BCUT2D eigenvalue weighted by Gasteiger charge is 2.06. The second-order valence-electron chi connectivity index (χ2n) is 3.82. The molecule has 0 aliphatic carbocycles. The number of halogens is 1. The molecule has 0 bridgehead atoms. The third-order valence-electron chi connectivity index (χ3n) is 2.61. The number of phenolic OH excluding ortho intramolecular Hbond substituents is 1. The quantitative estimate of drug-likeness (QED) is 0.609. The van der Waals surface area contributed by atoms with Crippen LogP contribution in [-0.4, -0.2) is 17.5 Å². The Morgan fingerprint density at radius 2 is 1.94 bits per heavy atom. The summed E-state index contributed by atoms with van der Waals surface area (Å²) in [5, 5.41) is 10.7. The summed E-state index contributed by atoms with van der Waals surface area (Å²) in [5.74, 6) is 0.864. The lowest BCUT2D eigenvalue weighted by Gasteiger charge is -2.09. The number of benzene rings is 1. The maximum atomic E-state index is 9.60. The molecule has 0 aliphatic heterocycles. The first-order valence-electron chi connectivity index (χ1n) is 5.70. The topological polar surface area (TPSA) is 29.5 Å². The molecule has 16 heavy (non-hydrogen) atoms. The molecule has 0 spiro atoms. The molecule has 0 amide bonds. The van der Waals surface area contributed by atoms with Gasteiger partial charge in [0.1, 0.15) is 0 Å². The zero-order valence-corrected chi connectivity index (χ0v) is 11.3. The van der Waals surface area contributed by atoms with Crippen LogP contribution in [0.15, 0.2) is 18.2 Å². The Morgan fingerprint density at radius 3 is 2.62 bits per heavy atom. The Bertz CT molecular complexity index is 313. The van der Waals surface area contributed by atoms with E-state index in [1.54, 1.807) is 13.2 Å². The molecule has 0 atom stereocenters. The van der Waals surface area contributed by atoms with Crippen LogP contribution in [0, 0.1) is 0 Å². The largest absolute Gasteiger partial charge is 0.504 e. The number of unbranched alkanes of at least 4 members (excludes halogenated alkanes) is 3. The van der Waals surface area contributed by atoms with Crippen LogP contribution in [0.4, 0.5) is 0 Å². The Balaban J connectivity index is 2.44. The van der Waals surface area contributed by atoms with Crippen molar-refractivity contribution in [2.24, 2.45) is 0 Å². The van der Waals surface area contributed by atoms with E-state index in [0.29, 0.717) is 5.75 Å². The van der Waals surface area contributed by atoms with Crippen LogP contribution in [0.2, 0.25) is 0 Å². The number of phenols is 1. The van der Waals surface area contributed by atoms with Crippen LogP contribution in [0.3, 0.4) is 0 Å². The molecule has 0 radical (unpaired) electrons. The highest BCUT2D eigenvalue weighted by Crippen LogP contribution is 2.30. The van der Waals surface area contributed by atoms with Crippen LogP contribution in [0.25, 0.3) is 0 Å². The molecule has 1 rings (SSSR count). The van der Waals surface area contributed by atoms with E-state index >= 15 is 0 Å². The van der Waals surface area contributed by atoms with Gasteiger partial charge in [-0.1, -0.05) is 40.9 Å². The van der Waals surface area contributed by atoms with Gasteiger partial charge in [-0.2, -0.15) is 0 Å². The molecule has 0 saturated heterocycles. The summed E-state index contributed by atoms with van der Waals surface area (Å²) in [6.45, 7) is 0. The number of para-hydroxylation sites is 1. The zero-order chi connectivity index (χ0) is 11.8. The van der Waals surface area contributed by atoms with E-state index in [1.807, 2.05) is 12.1 Å². The molecule has 1 N–H and O–H groups in total. The lowest BCUT2D eigenvalue weighted by molar-refractivity contribution is 0.368. The van der Waals surface area contributed by atoms with Crippen molar-refractivity contribution in [3.05, 3.63) is 23.8 Å². The Morgan fingerprint density at radius 1 is 1.19 bits per heavy atom. The van der Waals surface area contributed by atoms with Crippen LogP contribution in [-0.2, 0) is 6.42 Å². The molecule has 0 heterocycles. The van der Waals surface area contributed by atoms with E-state index in [0.717, 1.165) is 23.7 Å². The van der Waals surface area contributed by atoms with Gasteiger partial charge in [0.2, 0.25) is 0 Å². The van der Waals surface area contributed by atoms with Gasteiger partial charge in [0.25, 0.3) is 0 Å². The van der Waals surface area contributed by atoms with E-state index in [9.17, 15) is 5.11 Å². The molecular weight excluding hydrogens is 268 g/mol. The normalized spacial score (nSPS) is 10.4. The fraction of sp³-hybridized carbons (Fsp3) is 0.538. The first kappa shape index (κ1) is 13.4. The number of ether oxygens (including phenoxy) is 1. The van der Waals surface area contributed by atoms with Crippen molar-refractivity contribution in [2.45, 2.75) is 32.1 Å². The van der Waals surface area contributed by atoms with Gasteiger partial charge in [-0.15, -0.1) is 0 Å². The summed E-state index contributed by atoms with van der Waals surface area (Å²) in [4.78, 5) is 0. The third-order valence-corrected chi connectivity index (χ3v) is 3.17. The van der Waals surface area contributed by atoms with Gasteiger partial charge in [-0.3, -0.25) is 0 Å². The average molecular weight is 287 g/mol. The number of hydrogen-bond acceptors (Lipinski definition) is 2. The molecule has 1 aromatic carbocycles. The van der Waals surface area contributed by atoms with E-state index in [4.69, 9.17) is 4.74 Å². The first-order valence-corrected chi connectivity index (χ1v) is 6.82. The van der Waals surface area contributed by atoms with Crippen molar-refractivity contribution in [1.29, 1.82) is 0 Å². The van der Waals surface area contributed by atoms with Crippen LogP contribution in [0.1, 0.15) is 31.2 Å². The van der Waals surface area contributed by atoms with E-state index in [1.165, 1.54) is 19.3 Å². The number of hydrogen-bond donors (Lipinski definition) is 1. The Labute approximate surface area is 106 Å². The Hall–Kier alpha value is -0.700. The summed E-state index contributed by atoms with van der Waals surface area (Å²) < 4.78 is 5.20. The predicted octanol–water partition coefficient (Wildman–Crippen LogP) is 3.90. The van der Waals surface area contributed by atoms with Gasteiger partial charge in [-0.25, -0.2) is 0 Å². The number of aryl methyl sites for hydroxylation is 1. The third kappa shape index (κ3) is 4.05. The highest BCUT2D eigenvalue weighted by atomic mass is 79.9. The second-order valence-corrected chi connectivity index (χ2v) is 4.62. The number of alkyl halides is 1. The lowest BCUT2D eigenvalue weighted by Crippen LogP contribution is -1.93. The minimum absolute atomic E-state index is 0.237. The van der Waals surface area contributed by atoms with Gasteiger partial charge in [0.05, 0.1) is 7.11 Å². The maximum Gasteiger partial charge on any atom is 0.163 e. The molecule has 0 aliphatic rings. The average Bonchev–Trinajstić information content (AvgIpc) is 2.29. The Kier molecular flexibility index (Phi) is 6.31. The molecule has 1 aromatic rings. The molecule has 2 nitrogen and oxygen atoms in total. The van der Waals surface area contributed by atoms with Crippen molar-refractivity contribution in [3.8, 4) is 11.5 Å². The maximum absolute atomic E-state index is 9.60. The minimum atomic E-state index is 0.237. The first-order chi connectivity index (χ1) is 7.79. The standard InChI is InChI=1S/C13H19BrO2/c1-16-13-11(8-6-9-12(13)15)7-4-2-3-5-10-14/h6,8-9,15H,2-5,7,10H2,1H3. The van der Waals surface area contributed by atoms with Gasteiger partial charge in [0.15, 0.2) is 11.5 Å². The predicted molar refractivity (Wildman–Crippen MR) is 70.6 cm³/mol. The van der Waals surface area contributed by atoms with E-state index in [-0.39, 0.29) is 5.75 Å². The molecule has 90 valence electrons. The van der Waals surface area contributed by atoms with Gasteiger partial charge >= 0.3 is 0 Å². The smallest absolute Gasteiger partial charge is 0.163 e. The summed E-state index contributed by atoms with van der Waals surface area (Å²) in [5.41, 5.74) is 1.10. The molecule has 0 fully saturated rings. The van der Waals surface area contributed by atoms with Crippen molar-refractivity contribution < 1.29 is 9.84 Å². The lowest BCUT2D eigenvalue weighted by atomic mass is 10.0. The second kappa shape index (κ2) is 7.55. The number of aromatic hydroxyl groups is 1. The molecule has 0 aromatic heterocycles. The van der Waals surface area contributed by atoms with E-state index in [2.05, 4.69) is 15.9 Å². The van der Waals surface area contributed by atoms with Crippen LogP contribution < -0.4 is 4.74 Å². The summed E-state index contributed by atoms with van der Waals surface area (Å²) in [7, 11) is 1.60. The van der Waals surface area contributed by atoms with Crippen molar-refractivity contribution in [1.82, 2.24) is 0 Å². The van der Waals surface area contributed by atoms with Gasteiger partial charge in [0, 0.05) is 5.33 Å². The van der Waals surface area contributed by atoms with Crippen LogP contribution >= 0.6 is 15.9 Å². The highest BCUT2D eigenvalue weighted by molar-refractivity contribution is 9.09.